The maximum atomic E-state index is 5.86. The zero-order valence-corrected chi connectivity index (χ0v) is 13.8. The van der Waals surface area contributed by atoms with E-state index in [2.05, 4.69) is 33.1 Å². The summed E-state index contributed by atoms with van der Waals surface area (Å²) in [6.45, 7) is 6.40. The van der Waals surface area contributed by atoms with E-state index < -0.39 is 0 Å². The topological polar surface area (TPSA) is 72.5 Å². The third-order valence-corrected chi connectivity index (χ3v) is 4.36. The van der Waals surface area contributed by atoms with Crippen molar-refractivity contribution in [1.29, 1.82) is 0 Å². The van der Waals surface area contributed by atoms with Crippen molar-refractivity contribution < 1.29 is 14.2 Å². The summed E-state index contributed by atoms with van der Waals surface area (Å²) in [6, 6.07) is 6.07. The number of aromatic nitrogens is 3. The molecule has 7 nitrogen and oxygen atoms in total. The van der Waals surface area contributed by atoms with Crippen LogP contribution in [0.4, 0.5) is 0 Å². The van der Waals surface area contributed by atoms with Crippen LogP contribution in [0.2, 0.25) is 0 Å². The molecule has 0 spiro atoms. The minimum Gasteiger partial charge on any atom is -0.486 e. The van der Waals surface area contributed by atoms with Gasteiger partial charge in [0.25, 0.3) is 0 Å². The van der Waals surface area contributed by atoms with Crippen molar-refractivity contribution in [1.82, 2.24) is 20.1 Å². The number of nitrogens with zero attached hydrogens (tertiary/aromatic N) is 3. The molecule has 0 bridgehead atoms. The molecule has 2 aliphatic rings. The molecule has 4 rings (SSSR count). The number of para-hydroxylation sites is 1. The number of H-pyrrole nitrogens is 1. The molecule has 0 aliphatic carbocycles. The molecule has 0 saturated carbocycles. The average Bonchev–Trinajstić information content (AvgIpc) is 3.12. The molecule has 7 heteroatoms. The summed E-state index contributed by atoms with van der Waals surface area (Å²) in [6.07, 6.45) is 0.753. The SMILES string of the molecule is CCc1nc([C@@H]2CN(Cc3cccc4c3OCCO4)CCO2)n[nH]1. The van der Waals surface area contributed by atoms with Crippen molar-refractivity contribution in [2.24, 2.45) is 0 Å². The Bertz CT molecular complexity index is 703. The highest BCUT2D eigenvalue weighted by Gasteiger charge is 2.26. The Morgan fingerprint density at radius 2 is 2.17 bits per heavy atom. The number of benzene rings is 1. The summed E-state index contributed by atoms with van der Waals surface area (Å²) in [5.74, 6) is 3.35. The first-order valence-electron chi connectivity index (χ1n) is 8.46. The number of morpholine rings is 1. The van der Waals surface area contributed by atoms with Gasteiger partial charge in [-0.05, 0) is 6.07 Å². The van der Waals surface area contributed by atoms with E-state index in [0.29, 0.717) is 19.8 Å². The van der Waals surface area contributed by atoms with Crippen LogP contribution < -0.4 is 9.47 Å². The molecular formula is C17H22N4O3. The summed E-state index contributed by atoms with van der Waals surface area (Å²) in [5.41, 5.74) is 1.15. The summed E-state index contributed by atoms with van der Waals surface area (Å²) in [5, 5.41) is 7.25. The van der Waals surface area contributed by atoms with Gasteiger partial charge < -0.3 is 14.2 Å². The van der Waals surface area contributed by atoms with Gasteiger partial charge in [0.2, 0.25) is 0 Å². The summed E-state index contributed by atoms with van der Waals surface area (Å²) >= 11 is 0. The van der Waals surface area contributed by atoms with E-state index in [1.807, 2.05) is 12.1 Å². The largest absolute Gasteiger partial charge is 0.486 e. The summed E-state index contributed by atoms with van der Waals surface area (Å²) < 4.78 is 17.3. The molecule has 1 aromatic heterocycles. The van der Waals surface area contributed by atoms with Crippen molar-refractivity contribution >= 4 is 0 Å². The molecule has 128 valence electrons. The van der Waals surface area contributed by atoms with Gasteiger partial charge in [0, 0.05) is 31.6 Å². The van der Waals surface area contributed by atoms with Gasteiger partial charge in [0.15, 0.2) is 17.3 Å². The normalized spacial score (nSPS) is 21.0. The molecule has 0 amide bonds. The lowest BCUT2D eigenvalue weighted by molar-refractivity contribution is -0.0373. The fraction of sp³-hybridized carbons (Fsp3) is 0.529. The molecule has 0 radical (unpaired) electrons. The fourth-order valence-electron chi connectivity index (χ4n) is 3.11. The third kappa shape index (κ3) is 3.09. The predicted octanol–water partition coefficient (Wildman–Crippen LogP) is 1.71. The Labute approximate surface area is 140 Å². The van der Waals surface area contributed by atoms with Crippen LogP contribution in [0.3, 0.4) is 0 Å². The van der Waals surface area contributed by atoms with E-state index in [9.17, 15) is 0 Å². The van der Waals surface area contributed by atoms with Gasteiger partial charge in [-0.25, -0.2) is 4.98 Å². The van der Waals surface area contributed by atoms with E-state index >= 15 is 0 Å². The fourth-order valence-corrected chi connectivity index (χ4v) is 3.11. The number of fused-ring (bicyclic) bond motifs is 1. The summed E-state index contributed by atoms with van der Waals surface area (Å²) in [4.78, 5) is 6.85. The van der Waals surface area contributed by atoms with Gasteiger partial charge in [0.05, 0.1) is 6.61 Å². The Morgan fingerprint density at radius 1 is 1.25 bits per heavy atom. The monoisotopic (exact) mass is 330 g/mol. The predicted molar refractivity (Wildman–Crippen MR) is 87.2 cm³/mol. The van der Waals surface area contributed by atoms with Crippen LogP contribution in [-0.4, -0.2) is 53.0 Å². The number of nitrogens with one attached hydrogen (secondary N) is 1. The molecule has 1 N–H and O–H groups in total. The molecule has 1 fully saturated rings. The van der Waals surface area contributed by atoms with Gasteiger partial charge in [-0.2, -0.15) is 5.10 Å². The van der Waals surface area contributed by atoms with E-state index in [-0.39, 0.29) is 6.10 Å². The van der Waals surface area contributed by atoms with Crippen LogP contribution >= 0.6 is 0 Å². The zero-order chi connectivity index (χ0) is 16.4. The molecule has 2 aliphatic heterocycles. The van der Waals surface area contributed by atoms with E-state index in [1.165, 1.54) is 0 Å². The first-order valence-corrected chi connectivity index (χ1v) is 8.46. The molecule has 24 heavy (non-hydrogen) atoms. The second-order valence-electron chi connectivity index (χ2n) is 6.03. The van der Waals surface area contributed by atoms with Gasteiger partial charge in [-0.1, -0.05) is 19.1 Å². The lowest BCUT2D eigenvalue weighted by Gasteiger charge is -2.32. The van der Waals surface area contributed by atoms with Crippen molar-refractivity contribution in [2.45, 2.75) is 26.0 Å². The van der Waals surface area contributed by atoms with Crippen molar-refractivity contribution in [3.05, 3.63) is 35.4 Å². The van der Waals surface area contributed by atoms with Crippen LogP contribution in [0.15, 0.2) is 18.2 Å². The van der Waals surface area contributed by atoms with Crippen molar-refractivity contribution in [2.75, 3.05) is 32.9 Å². The van der Waals surface area contributed by atoms with Gasteiger partial charge >= 0.3 is 0 Å². The number of aryl methyl sites for hydroxylation is 1. The number of hydrogen-bond acceptors (Lipinski definition) is 6. The lowest BCUT2D eigenvalue weighted by atomic mass is 10.1. The molecule has 1 atom stereocenters. The molecule has 0 unspecified atom stereocenters. The van der Waals surface area contributed by atoms with Crippen molar-refractivity contribution in [3.63, 3.8) is 0 Å². The van der Waals surface area contributed by atoms with Crippen LogP contribution in [0.5, 0.6) is 11.5 Å². The van der Waals surface area contributed by atoms with E-state index in [0.717, 1.165) is 54.8 Å². The summed E-state index contributed by atoms with van der Waals surface area (Å²) in [7, 11) is 0. The highest BCUT2D eigenvalue weighted by molar-refractivity contribution is 5.47. The highest BCUT2D eigenvalue weighted by Crippen LogP contribution is 2.34. The average molecular weight is 330 g/mol. The molecule has 1 aromatic carbocycles. The third-order valence-electron chi connectivity index (χ3n) is 4.36. The Hall–Kier alpha value is -2.12. The molecular weight excluding hydrogens is 308 g/mol. The second-order valence-corrected chi connectivity index (χ2v) is 6.03. The van der Waals surface area contributed by atoms with Crippen LogP contribution in [-0.2, 0) is 17.7 Å². The van der Waals surface area contributed by atoms with Crippen molar-refractivity contribution in [3.8, 4) is 11.5 Å². The molecule has 1 saturated heterocycles. The van der Waals surface area contributed by atoms with Gasteiger partial charge in [-0.15, -0.1) is 0 Å². The van der Waals surface area contributed by atoms with E-state index in [4.69, 9.17) is 14.2 Å². The Kier molecular flexibility index (Phi) is 4.36. The first kappa shape index (κ1) is 15.4. The number of aromatic amines is 1. The second kappa shape index (κ2) is 6.78. The Morgan fingerprint density at radius 3 is 3.04 bits per heavy atom. The minimum atomic E-state index is -0.0907. The first-order chi connectivity index (χ1) is 11.8. The lowest BCUT2D eigenvalue weighted by Crippen LogP contribution is -2.38. The molecule has 2 aromatic rings. The number of hydrogen-bond donors (Lipinski definition) is 1. The van der Waals surface area contributed by atoms with Crippen LogP contribution in [0.1, 0.15) is 30.2 Å². The van der Waals surface area contributed by atoms with Crippen LogP contribution in [0.25, 0.3) is 0 Å². The number of rotatable bonds is 4. The maximum Gasteiger partial charge on any atom is 0.180 e. The quantitative estimate of drug-likeness (QED) is 0.920. The van der Waals surface area contributed by atoms with Gasteiger partial charge in [0.1, 0.15) is 25.1 Å². The highest BCUT2D eigenvalue weighted by atomic mass is 16.6. The van der Waals surface area contributed by atoms with Crippen LogP contribution in [0, 0.1) is 0 Å². The standard InChI is InChI=1S/C17H22N4O3/c1-2-15-18-17(20-19-15)14-11-21(6-7-22-14)10-12-4-3-5-13-16(12)24-9-8-23-13/h3-5,14H,2,6-11H2,1H3,(H,18,19,20)/t14-/m0/s1. The Balaban J connectivity index is 1.47. The number of ether oxygens (including phenoxy) is 3. The van der Waals surface area contributed by atoms with Gasteiger partial charge in [-0.3, -0.25) is 10.00 Å². The zero-order valence-electron chi connectivity index (χ0n) is 13.8. The smallest absolute Gasteiger partial charge is 0.180 e. The van der Waals surface area contributed by atoms with E-state index in [1.54, 1.807) is 0 Å². The maximum absolute atomic E-state index is 5.86. The molecule has 3 heterocycles. The minimum absolute atomic E-state index is 0.0907.